The fraction of sp³-hybridized carbons (Fsp3) is 1.00. The van der Waals surface area contributed by atoms with Crippen LogP contribution in [0.1, 0.15) is 6.92 Å². The molecule has 0 aromatic rings. The first kappa shape index (κ1) is 9.31. The Morgan fingerprint density at radius 3 is 1.33 bits per heavy atom. The van der Waals surface area contributed by atoms with E-state index in [9.17, 15) is 0 Å². The van der Waals surface area contributed by atoms with Gasteiger partial charge in [-0.15, -0.1) is 0 Å². The maximum Gasteiger partial charge on any atom is 0.158 e. The molecule has 0 aromatic heterocycles. The van der Waals surface area contributed by atoms with E-state index in [1.807, 2.05) is 6.92 Å². The molecular formula is C5H14O3P+. The highest BCUT2D eigenvalue weighted by Gasteiger charge is 2.32. The maximum absolute atomic E-state index is 8.71. The van der Waals surface area contributed by atoms with Crippen LogP contribution in [0.3, 0.4) is 0 Å². The van der Waals surface area contributed by atoms with Gasteiger partial charge in [0.05, 0.1) is 13.4 Å². The van der Waals surface area contributed by atoms with Crippen molar-refractivity contribution in [2.75, 3.05) is 25.2 Å². The summed E-state index contributed by atoms with van der Waals surface area (Å²) in [5.41, 5.74) is 0. The second-order valence-electron chi connectivity index (χ2n) is 2.08. The van der Waals surface area contributed by atoms with E-state index in [2.05, 4.69) is 0 Å². The van der Waals surface area contributed by atoms with Gasteiger partial charge >= 0.3 is 0 Å². The van der Waals surface area contributed by atoms with Crippen molar-refractivity contribution in [3.8, 4) is 0 Å². The van der Waals surface area contributed by atoms with E-state index in [-0.39, 0.29) is 19.0 Å². The van der Waals surface area contributed by atoms with Crippen molar-refractivity contribution < 1.29 is 15.3 Å². The third kappa shape index (κ3) is 2.18. The van der Waals surface area contributed by atoms with Crippen LogP contribution in [0.4, 0.5) is 0 Å². The standard InChI is InChI=1S/C5H14O3P/c1-2-9(3-6,4-7)5-8/h6-8H,2-5H2,1H3/q+1. The number of aliphatic hydroxyl groups is 3. The highest BCUT2D eigenvalue weighted by atomic mass is 31.2. The van der Waals surface area contributed by atoms with Gasteiger partial charge in [-0.25, -0.2) is 0 Å². The second kappa shape index (κ2) is 4.18. The number of rotatable bonds is 4. The Hall–Kier alpha value is 0.310. The van der Waals surface area contributed by atoms with Crippen molar-refractivity contribution in [3.63, 3.8) is 0 Å². The van der Waals surface area contributed by atoms with E-state index < -0.39 is 7.26 Å². The molecule has 0 aliphatic carbocycles. The molecule has 0 aromatic carbocycles. The zero-order chi connectivity index (χ0) is 7.33. The van der Waals surface area contributed by atoms with Gasteiger partial charge in [0.2, 0.25) is 0 Å². The summed E-state index contributed by atoms with van der Waals surface area (Å²) in [5, 5.41) is 26.1. The Morgan fingerprint density at radius 1 is 1.00 bits per heavy atom. The minimum absolute atomic E-state index is 0.0451. The monoisotopic (exact) mass is 153 g/mol. The fourth-order valence-corrected chi connectivity index (χ4v) is 1.30. The molecule has 56 valence electrons. The van der Waals surface area contributed by atoms with Gasteiger partial charge in [-0.3, -0.25) is 0 Å². The third-order valence-corrected chi connectivity index (χ3v) is 4.71. The molecule has 0 unspecified atom stereocenters. The highest BCUT2D eigenvalue weighted by molar-refractivity contribution is 7.75. The van der Waals surface area contributed by atoms with Crippen LogP contribution >= 0.6 is 7.26 Å². The number of hydrogen-bond donors (Lipinski definition) is 3. The normalized spacial score (nSPS) is 12.0. The van der Waals surface area contributed by atoms with E-state index in [4.69, 9.17) is 15.3 Å². The minimum Gasteiger partial charge on any atom is -0.362 e. The lowest BCUT2D eigenvalue weighted by molar-refractivity contribution is 0.312. The fourth-order valence-electron chi connectivity index (χ4n) is 0.434. The van der Waals surface area contributed by atoms with Crippen LogP contribution in [0.2, 0.25) is 0 Å². The van der Waals surface area contributed by atoms with Gasteiger partial charge in [-0.1, -0.05) is 0 Å². The Bertz CT molecular complexity index is 55.1. The molecule has 9 heavy (non-hydrogen) atoms. The summed E-state index contributed by atoms with van der Waals surface area (Å²) in [5.74, 6) is 0. The summed E-state index contributed by atoms with van der Waals surface area (Å²) < 4.78 is 0. The molecule has 0 saturated carbocycles. The molecule has 0 saturated heterocycles. The molecular weight excluding hydrogens is 139 g/mol. The molecule has 0 fully saturated rings. The zero-order valence-corrected chi connectivity index (χ0v) is 6.51. The Morgan fingerprint density at radius 2 is 1.33 bits per heavy atom. The number of hydrogen-bond acceptors (Lipinski definition) is 3. The molecule has 0 atom stereocenters. The average molecular weight is 153 g/mol. The van der Waals surface area contributed by atoms with Crippen LogP contribution in [0.25, 0.3) is 0 Å². The second-order valence-corrected chi connectivity index (χ2v) is 6.25. The summed E-state index contributed by atoms with van der Waals surface area (Å²) in [6.07, 6.45) is 0.569. The quantitative estimate of drug-likeness (QED) is 0.493. The van der Waals surface area contributed by atoms with Crippen molar-refractivity contribution in [2.45, 2.75) is 6.92 Å². The van der Waals surface area contributed by atoms with Crippen LogP contribution in [0.15, 0.2) is 0 Å². The van der Waals surface area contributed by atoms with Crippen LogP contribution in [-0.4, -0.2) is 40.5 Å². The average Bonchev–Trinajstić information content (AvgIpc) is 1.95. The molecule has 0 aliphatic heterocycles. The predicted molar refractivity (Wildman–Crippen MR) is 38.7 cm³/mol. The molecule has 0 spiro atoms. The van der Waals surface area contributed by atoms with E-state index >= 15 is 0 Å². The SMILES string of the molecule is CC[P+](CO)(CO)CO. The summed E-state index contributed by atoms with van der Waals surface area (Å²) in [6, 6.07) is 0. The first-order valence-electron chi connectivity index (χ1n) is 2.92. The Kier molecular flexibility index (Phi) is 4.32. The molecule has 4 heteroatoms. The Labute approximate surface area is 55.7 Å². The highest BCUT2D eigenvalue weighted by Crippen LogP contribution is 2.55. The van der Waals surface area contributed by atoms with Gasteiger partial charge in [-0.05, 0) is 6.92 Å². The summed E-state index contributed by atoms with van der Waals surface area (Å²) >= 11 is 0. The Balaban J connectivity index is 3.82. The largest absolute Gasteiger partial charge is 0.362 e. The van der Waals surface area contributed by atoms with Crippen molar-refractivity contribution in [1.29, 1.82) is 0 Å². The molecule has 3 nitrogen and oxygen atoms in total. The van der Waals surface area contributed by atoms with Crippen LogP contribution in [-0.2, 0) is 0 Å². The molecule has 0 bridgehead atoms. The first-order valence-corrected chi connectivity index (χ1v) is 5.45. The first-order chi connectivity index (χ1) is 4.24. The van der Waals surface area contributed by atoms with Crippen LogP contribution < -0.4 is 0 Å². The van der Waals surface area contributed by atoms with Crippen molar-refractivity contribution in [1.82, 2.24) is 0 Å². The van der Waals surface area contributed by atoms with Crippen molar-refractivity contribution in [3.05, 3.63) is 0 Å². The van der Waals surface area contributed by atoms with Crippen LogP contribution in [0, 0.1) is 0 Å². The molecule has 0 aliphatic rings. The topological polar surface area (TPSA) is 60.7 Å². The van der Waals surface area contributed by atoms with Gasteiger partial charge in [0, 0.05) is 0 Å². The van der Waals surface area contributed by atoms with Gasteiger partial charge in [0.1, 0.15) is 0 Å². The smallest absolute Gasteiger partial charge is 0.158 e. The molecule has 0 heterocycles. The number of aliphatic hydroxyl groups excluding tert-OH is 3. The lowest BCUT2D eigenvalue weighted by atomic mass is 11.0. The van der Waals surface area contributed by atoms with Gasteiger partial charge < -0.3 is 15.3 Å². The summed E-state index contributed by atoms with van der Waals surface area (Å²) in [7, 11) is -1.75. The van der Waals surface area contributed by atoms with Crippen molar-refractivity contribution in [2.24, 2.45) is 0 Å². The molecule has 0 radical (unpaired) electrons. The van der Waals surface area contributed by atoms with Crippen molar-refractivity contribution >= 4 is 7.26 Å². The van der Waals surface area contributed by atoms with E-state index in [0.29, 0.717) is 6.16 Å². The van der Waals surface area contributed by atoms with Gasteiger partial charge in [0.25, 0.3) is 0 Å². The predicted octanol–water partition coefficient (Wildman–Crippen LogP) is -0.127. The summed E-state index contributed by atoms with van der Waals surface area (Å²) in [4.78, 5) is 0. The van der Waals surface area contributed by atoms with E-state index in [1.165, 1.54) is 0 Å². The van der Waals surface area contributed by atoms with E-state index in [0.717, 1.165) is 0 Å². The molecule has 3 N–H and O–H groups in total. The maximum atomic E-state index is 8.71. The lowest BCUT2D eigenvalue weighted by Crippen LogP contribution is -2.09. The molecule has 0 amide bonds. The van der Waals surface area contributed by atoms with Crippen LogP contribution in [0.5, 0.6) is 0 Å². The van der Waals surface area contributed by atoms with Gasteiger partial charge in [-0.2, -0.15) is 0 Å². The lowest BCUT2D eigenvalue weighted by Gasteiger charge is -2.17. The third-order valence-electron chi connectivity index (χ3n) is 1.57. The summed E-state index contributed by atoms with van der Waals surface area (Å²) in [6.45, 7) is 1.87. The zero-order valence-electron chi connectivity index (χ0n) is 5.62. The van der Waals surface area contributed by atoms with E-state index in [1.54, 1.807) is 0 Å². The molecule has 0 rings (SSSR count). The van der Waals surface area contributed by atoms with Gasteiger partial charge in [0.15, 0.2) is 19.0 Å². The minimum atomic E-state index is -1.75.